The zero-order chi connectivity index (χ0) is 11.8. The number of benzene rings is 1. The number of rotatable bonds is 3. The summed E-state index contributed by atoms with van der Waals surface area (Å²) < 4.78 is 29.0. The second kappa shape index (κ2) is 3.55. The first-order chi connectivity index (χ1) is 6.56. The summed E-state index contributed by atoms with van der Waals surface area (Å²) in [6, 6.07) is 8.22. The molecule has 0 saturated heterocycles. The van der Waals surface area contributed by atoms with Crippen LogP contribution < -0.4 is 0 Å². The van der Waals surface area contributed by atoms with Crippen LogP contribution in [-0.2, 0) is 14.1 Å². The van der Waals surface area contributed by atoms with Crippen LogP contribution in [-0.4, -0.2) is 35.1 Å². The van der Waals surface area contributed by atoms with Crippen LogP contribution in [0, 0.1) is 0 Å². The summed E-state index contributed by atoms with van der Waals surface area (Å²) in [6.07, 6.45) is 0. The van der Waals surface area contributed by atoms with E-state index in [0.717, 1.165) is 0 Å². The van der Waals surface area contributed by atoms with Crippen molar-refractivity contribution in [3.05, 3.63) is 30.3 Å². The molecule has 0 spiro atoms. The predicted molar refractivity (Wildman–Crippen MR) is 65.3 cm³/mol. The molecule has 0 N–H and O–H groups in total. The third-order valence-corrected chi connectivity index (χ3v) is 5.45. The SMILES string of the molecule is CP(C)(C)(C)OS(=O)(=O)c1ccccc1. The summed E-state index contributed by atoms with van der Waals surface area (Å²) in [6.45, 7) is 4.89. The standard InChI is InChI=1S/C10H17O3PS/c1-14(2,3,4)13-15(11,12)10-8-6-5-7-9-10/h5-9H,1-4H3. The third kappa shape index (κ3) is 4.29. The first-order valence-corrected chi connectivity index (χ1v) is 9.94. The minimum atomic E-state index is -3.62. The van der Waals surface area contributed by atoms with E-state index in [1.807, 2.05) is 26.7 Å². The van der Waals surface area contributed by atoms with Gasteiger partial charge in [-0.15, -0.1) is 0 Å². The quantitative estimate of drug-likeness (QED) is 0.771. The van der Waals surface area contributed by atoms with E-state index in [4.69, 9.17) is 3.97 Å². The Hall–Kier alpha value is -0.440. The van der Waals surface area contributed by atoms with Crippen LogP contribution in [0.15, 0.2) is 35.2 Å². The predicted octanol–water partition coefficient (Wildman–Crippen LogP) is 2.38. The minimum absolute atomic E-state index is 0.214. The van der Waals surface area contributed by atoms with Crippen LogP contribution in [0.4, 0.5) is 0 Å². The van der Waals surface area contributed by atoms with Gasteiger partial charge in [-0.1, -0.05) is 0 Å². The van der Waals surface area contributed by atoms with E-state index in [2.05, 4.69) is 0 Å². The molecule has 3 nitrogen and oxygen atoms in total. The van der Waals surface area contributed by atoms with Gasteiger partial charge < -0.3 is 0 Å². The molecule has 0 saturated carbocycles. The summed E-state index contributed by atoms with van der Waals surface area (Å²) in [5.74, 6) is 0. The van der Waals surface area contributed by atoms with E-state index in [-0.39, 0.29) is 4.90 Å². The molecule has 0 aliphatic rings. The van der Waals surface area contributed by atoms with Gasteiger partial charge in [-0.25, -0.2) is 0 Å². The van der Waals surface area contributed by atoms with Gasteiger partial charge in [0.25, 0.3) is 0 Å². The van der Waals surface area contributed by atoms with Crippen molar-refractivity contribution >= 4 is 16.9 Å². The summed E-state index contributed by atoms with van der Waals surface area (Å²) in [7, 11) is -3.62. The summed E-state index contributed by atoms with van der Waals surface area (Å²) in [5, 5.41) is 0. The second-order valence-corrected chi connectivity index (χ2v) is 14.1. The molecule has 0 unspecified atom stereocenters. The Morgan fingerprint density at radius 2 is 1.47 bits per heavy atom. The number of hydrogen-bond donors (Lipinski definition) is 0. The fraction of sp³-hybridized carbons (Fsp3) is 0.400. The normalized spacial score (nSPS) is 15.6. The molecule has 0 atom stereocenters. The molecule has 0 bridgehead atoms. The molecule has 1 aromatic carbocycles. The van der Waals surface area contributed by atoms with Gasteiger partial charge in [-0.3, -0.25) is 0 Å². The molecule has 1 rings (SSSR count). The fourth-order valence-corrected chi connectivity index (χ4v) is 5.00. The zero-order valence-corrected chi connectivity index (χ0v) is 11.2. The fourth-order valence-electron chi connectivity index (χ4n) is 1.02. The Labute approximate surface area is 91.6 Å². The van der Waals surface area contributed by atoms with Crippen molar-refractivity contribution in [3.63, 3.8) is 0 Å². The Bertz CT molecular complexity index is 433. The first kappa shape index (κ1) is 12.6. The molecular weight excluding hydrogens is 231 g/mol. The van der Waals surface area contributed by atoms with Crippen molar-refractivity contribution in [3.8, 4) is 0 Å². The molecule has 86 valence electrons. The third-order valence-electron chi connectivity index (χ3n) is 1.43. The van der Waals surface area contributed by atoms with Crippen LogP contribution in [0.5, 0.6) is 0 Å². The summed E-state index contributed by atoms with van der Waals surface area (Å²) >= 11 is 0. The molecule has 0 fully saturated rings. The molecule has 0 heterocycles. The Morgan fingerprint density at radius 3 is 1.87 bits per heavy atom. The Balaban J connectivity index is 3.08. The molecule has 5 heteroatoms. The molecule has 0 aromatic heterocycles. The van der Waals surface area contributed by atoms with Gasteiger partial charge in [0.05, 0.1) is 0 Å². The molecular formula is C10H17O3PS. The Kier molecular flexibility index (Phi) is 2.99. The monoisotopic (exact) mass is 248 g/mol. The van der Waals surface area contributed by atoms with Gasteiger partial charge in [0.1, 0.15) is 0 Å². The summed E-state index contributed by atoms with van der Waals surface area (Å²) in [5.41, 5.74) is 0. The van der Waals surface area contributed by atoms with Crippen LogP contribution in [0.3, 0.4) is 0 Å². The van der Waals surface area contributed by atoms with Crippen LogP contribution in [0.1, 0.15) is 0 Å². The summed E-state index contributed by atoms with van der Waals surface area (Å²) in [4.78, 5) is 0.214. The van der Waals surface area contributed by atoms with Crippen molar-refractivity contribution in [1.82, 2.24) is 0 Å². The molecule has 0 radical (unpaired) electrons. The zero-order valence-electron chi connectivity index (χ0n) is 9.47. The van der Waals surface area contributed by atoms with E-state index >= 15 is 0 Å². The van der Waals surface area contributed by atoms with Gasteiger partial charge in [-0.2, -0.15) is 0 Å². The van der Waals surface area contributed by atoms with E-state index in [0.29, 0.717) is 0 Å². The molecule has 15 heavy (non-hydrogen) atoms. The van der Waals surface area contributed by atoms with Crippen molar-refractivity contribution in [1.29, 1.82) is 0 Å². The number of hydrogen-bond acceptors (Lipinski definition) is 3. The topological polar surface area (TPSA) is 43.4 Å². The van der Waals surface area contributed by atoms with Crippen molar-refractivity contribution < 1.29 is 12.4 Å². The van der Waals surface area contributed by atoms with E-state index < -0.39 is 16.9 Å². The van der Waals surface area contributed by atoms with Crippen molar-refractivity contribution in [2.24, 2.45) is 0 Å². The van der Waals surface area contributed by atoms with Crippen molar-refractivity contribution in [2.45, 2.75) is 4.90 Å². The van der Waals surface area contributed by atoms with Gasteiger partial charge >= 0.3 is 91.2 Å². The molecule has 0 amide bonds. The van der Waals surface area contributed by atoms with E-state index in [1.54, 1.807) is 18.2 Å². The maximum atomic E-state index is 11.9. The van der Waals surface area contributed by atoms with Crippen LogP contribution in [0.2, 0.25) is 0 Å². The average Bonchev–Trinajstić information content (AvgIpc) is 2.00. The molecule has 0 aliphatic carbocycles. The molecule has 1 aromatic rings. The van der Waals surface area contributed by atoms with Gasteiger partial charge in [-0.05, 0) is 0 Å². The van der Waals surface area contributed by atoms with E-state index in [9.17, 15) is 8.42 Å². The van der Waals surface area contributed by atoms with Gasteiger partial charge in [0, 0.05) is 0 Å². The van der Waals surface area contributed by atoms with Crippen molar-refractivity contribution in [2.75, 3.05) is 26.7 Å². The van der Waals surface area contributed by atoms with Gasteiger partial charge in [0.15, 0.2) is 0 Å². The Morgan fingerprint density at radius 1 is 1.00 bits per heavy atom. The van der Waals surface area contributed by atoms with Crippen LogP contribution in [0.25, 0.3) is 0 Å². The van der Waals surface area contributed by atoms with Crippen LogP contribution >= 0.6 is 6.83 Å². The van der Waals surface area contributed by atoms with Gasteiger partial charge in [0.2, 0.25) is 0 Å². The second-order valence-electron chi connectivity index (χ2n) is 5.26. The first-order valence-electron chi connectivity index (χ1n) is 4.59. The van der Waals surface area contributed by atoms with E-state index in [1.165, 1.54) is 12.1 Å². The maximum absolute atomic E-state index is 11.9. The average molecular weight is 248 g/mol. The molecule has 0 aliphatic heterocycles.